The Morgan fingerprint density at radius 2 is 1.93 bits per heavy atom. The number of carbonyl (C=O) groups is 1. The minimum absolute atomic E-state index is 0.370. The Kier molecular flexibility index (Phi) is 4.91. The summed E-state index contributed by atoms with van der Waals surface area (Å²) in [5.74, 6) is -0.797. The molecule has 2 aliphatic rings. The van der Waals surface area contributed by atoms with Gasteiger partial charge in [0, 0.05) is 18.6 Å². The lowest BCUT2D eigenvalue weighted by molar-refractivity contribution is -0.140. The molecule has 2 saturated carbocycles. The fraction of sp³-hybridized carbons (Fsp3) is 0.632. The van der Waals surface area contributed by atoms with E-state index in [4.69, 9.17) is 5.11 Å². The number of hydrogen-bond acceptors (Lipinski definition) is 2. The van der Waals surface area contributed by atoms with E-state index >= 15 is 0 Å². The maximum absolute atomic E-state index is 13.7. The minimum Gasteiger partial charge on any atom is -0.465 e. The molecule has 27 heavy (non-hydrogen) atoms. The van der Waals surface area contributed by atoms with Gasteiger partial charge in [-0.2, -0.15) is 13.2 Å². The van der Waals surface area contributed by atoms with Crippen molar-refractivity contribution in [1.82, 2.24) is 10.2 Å². The molecule has 1 aromatic carbocycles. The summed E-state index contributed by atoms with van der Waals surface area (Å²) in [5, 5.41) is 11.5. The van der Waals surface area contributed by atoms with E-state index in [1.54, 1.807) is 13.8 Å². The molecule has 2 N–H and O–H groups in total. The highest BCUT2D eigenvalue weighted by Gasteiger charge is 2.52. The van der Waals surface area contributed by atoms with Crippen molar-refractivity contribution in [2.24, 2.45) is 5.92 Å². The van der Waals surface area contributed by atoms with Gasteiger partial charge in [-0.1, -0.05) is 6.07 Å². The molecule has 2 aliphatic carbocycles. The standard InChI is InChI=1S/C19H24F4N2O2/c1-17(2,24-16(26)27)11-25(10-12-3-4-12)18(7-8-18)13-5-6-15(20)14(9-13)19(21,22)23/h5-6,9,12,24H,3-4,7-8,10-11H2,1-2H3,(H,26,27). The normalized spacial score (nSPS) is 19.2. The van der Waals surface area contributed by atoms with E-state index in [-0.39, 0.29) is 0 Å². The fourth-order valence-electron chi connectivity index (χ4n) is 3.75. The third-order valence-electron chi connectivity index (χ3n) is 5.35. The van der Waals surface area contributed by atoms with Crippen molar-refractivity contribution in [2.75, 3.05) is 13.1 Å². The zero-order valence-electron chi connectivity index (χ0n) is 15.4. The highest BCUT2D eigenvalue weighted by Crippen LogP contribution is 2.53. The number of benzene rings is 1. The van der Waals surface area contributed by atoms with Crippen molar-refractivity contribution in [2.45, 2.75) is 56.8 Å². The Bertz CT molecular complexity index is 725. The van der Waals surface area contributed by atoms with E-state index in [1.807, 2.05) is 0 Å². The molecule has 3 rings (SSSR count). The van der Waals surface area contributed by atoms with E-state index < -0.39 is 34.7 Å². The third kappa shape index (κ3) is 4.54. The van der Waals surface area contributed by atoms with Gasteiger partial charge in [0.2, 0.25) is 0 Å². The Morgan fingerprint density at radius 1 is 1.30 bits per heavy atom. The maximum Gasteiger partial charge on any atom is 0.419 e. The second kappa shape index (κ2) is 6.65. The first-order chi connectivity index (χ1) is 12.4. The van der Waals surface area contributed by atoms with E-state index in [0.29, 0.717) is 37.4 Å². The second-order valence-corrected chi connectivity index (χ2v) is 8.36. The van der Waals surface area contributed by atoms with Crippen LogP contribution in [0.3, 0.4) is 0 Å². The van der Waals surface area contributed by atoms with Gasteiger partial charge in [-0.15, -0.1) is 0 Å². The molecule has 0 atom stereocenters. The molecular formula is C19H24F4N2O2. The monoisotopic (exact) mass is 388 g/mol. The summed E-state index contributed by atoms with van der Waals surface area (Å²) >= 11 is 0. The highest BCUT2D eigenvalue weighted by atomic mass is 19.4. The van der Waals surface area contributed by atoms with Crippen LogP contribution in [0.15, 0.2) is 18.2 Å². The quantitative estimate of drug-likeness (QED) is 0.672. The molecule has 0 radical (unpaired) electrons. The summed E-state index contributed by atoms with van der Waals surface area (Å²) in [6.45, 7) is 4.57. The van der Waals surface area contributed by atoms with Crippen LogP contribution in [0.5, 0.6) is 0 Å². The molecule has 2 fully saturated rings. The average Bonchev–Trinajstić information content (AvgIpc) is 3.39. The smallest absolute Gasteiger partial charge is 0.419 e. The lowest BCUT2D eigenvalue weighted by Crippen LogP contribution is -2.54. The van der Waals surface area contributed by atoms with Gasteiger partial charge in [-0.25, -0.2) is 9.18 Å². The van der Waals surface area contributed by atoms with Crippen molar-refractivity contribution in [1.29, 1.82) is 0 Å². The third-order valence-corrected chi connectivity index (χ3v) is 5.35. The van der Waals surface area contributed by atoms with Crippen molar-refractivity contribution < 1.29 is 27.5 Å². The summed E-state index contributed by atoms with van der Waals surface area (Å²) < 4.78 is 53.1. The van der Waals surface area contributed by atoms with Gasteiger partial charge in [0.25, 0.3) is 0 Å². The Labute approximate surface area is 155 Å². The fourth-order valence-corrected chi connectivity index (χ4v) is 3.75. The largest absolute Gasteiger partial charge is 0.465 e. The minimum atomic E-state index is -4.75. The number of rotatable bonds is 7. The first-order valence-corrected chi connectivity index (χ1v) is 9.06. The van der Waals surface area contributed by atoms with Crippen LogP contribution < -0.4 is 5.32 Å². The number of amides is 1. The molecule has 1 aromatic rings. The molecule has 150 valence electrons. The van der Waals surface area contributed by atoms with Gasteiger partial charge in [-0.3, -0.25) is 4.90 Å². The predicted molar refractivity (Wildman–Crippen MR) is 91.9 cm³/mol. The Morgan fingerprint density at radius 3 is 2.41 bits per heavy atom. The summed E-state index contributed by atoms with van der Waals surface area (Å²) in [6.07, 6.45) is -2.41. The van der Waals surface area contributed by atoms with Gasteiger partial charge in [-0.05, 0) is 63.1 Å². The van der Waals surface area contributed by atoms with Crippen molar-refractivity contribution in [3.05, 3.63) is 35.1 Å². The van der Waals surface area contributed by atoms with Gasteiger partial charge in [0.05, 0.1) is 11.1 Å². The zero-order chi connectivity index (χ0) is 20.0. The SMILES string of the molecule is CC(C)(CN(CC1CC1)C1(c2ccc(F)c(C(F)(F)F)c2)CC1)NC(=O)O. The van der Waals surface area contributed by atoms with E-state index in [1.165, 1.54) is 6.07 Å². The summed E-state index contributed by atoms with van der Waals surface area (Å²) in [7, 11) is 0. The maximum atomic E-state index is 13.7. The van der Waals surface area contributed by atoms with Crippen LogP contribution in [0.1, 0.15) is 50.7 Å². The van der Waals surface area contributed by atoms with Crippen molar-refractivity contribution >= 4 is 6.09 Å². The number of alkyl halides is 3. The zero-order valence-corrected chi connectivity index (χ0v) is 15.4. The van der Waals surface area contributed by atoms with E-state index in [9.17, 15) is 22.4 Å². The Hall–Kier alpha value is -1.83. The van der Waals surface area contributed by atoms with Crippen LogP contribution >= 0.6 is 0 Å². The summed E-state index contributed by atoms with van der Waals surface area (Å²) in [4.78, 5) is 13.2. The first-order valence-electron chi connectivity index (χ1n) is 9.06. The molecule has 4 nitrogen and oxygen atoms in total. The lowest BCUT2D eigenvalue weighted by atomic mass is 9.96. The molecule has 0 heterocycles. The van der Waals surface area contributed by atoms with Gasteiger partial charge < -0.3 is 10.4 Å². The van der Waals surface area contributed by atoms with Gasteiger partial charge >= 0.3 is 12.3 Å². The van der Waals surface area contributed by atoms with Crippen LogP contribution in [0.2, 0.25) is 0 Å². The van der Waals surface area contributed by atoms with Crippen LogP contribution in [-0.2, 0) is 11.7 Å². The number of hydrogen-bond donors (Lipinski definition) is 2. The number of nitrogens with zero attached hydrogens (tertiary/aromatic N) is 1. The molecule has 0 bridgehead atoms. The molecule has 0 aromatic heterocycles. The van der Waals surface area contributed by atoms with Crippen LogP contribution in [-0.4, -0.2) is 34.7 Å². The molecule has 0 saturated heterocycles. The lowest BCUT2D eigenvalue weighted by Gasteiger charge is -2.39. The molecular weight excluding hydrogens is 364 g/mol. The molecule has 0 spiro atoms. The van der Waals surface area contributed by atoms with Crippen LogP contribution in [0.4, 0.5) is 22.4 Å². The first kappa shape index (κ1) is 19.9. The molecule has 0 aliphatic heterocycles. The van der Waals surface area contributed by atoms with Crippen LogP contribution in [0, 0.1) is 11.7 Å². The number of carboxylic acid groups (broad SMARTS) is 1. The topological polar surface area (TPSA) is 52.6 Å². The van der Waals surface area contributed by atoms with Crippen molar-refractivity contribution in [3.8, 4) is 0 Å². The van der Waals surface area contributed by atoms with Gasteiger partial charge in [0.1, 0.15) is 5.82 Å². The Balaban J connectivity index is 1.91. The second-order valence-electron chi connectivity index (χ2n) is 8.36. The predicted octanol–water partition coefficient (Wildman–Crippen LogP) is 4.59. The highest BCUT2D eigenvalue weighted by molar-refractivity contribution is 5.65. The summed E-state index contributed by atoms with van der Waals surface area (Å²) in [6, 6.07) is 3.23. The average molecular weight is 388 g/mol. The molecule has 1 amide bonds. The van der Waals surface area contributed by atoms with Crippen molar-refractivity contribution in [3.63, 3.8) is 0 Å². The van der Waals surface area contributed by atoms with Gasteiger partial charge in [0.15, 0.2) is 0 Å². The van der Waals surface area contributed by atoms with Crippen LogP contribution in [0.25, 0.3) is 0 Å². The van der Waals surface area contributed by atoms with E-state index in [0.717, 1.165) is 25.0 Å². The molecule has 0 unspecified atom stereocenters. The number of halogens is 4. The summed E-state index contributed by atoms with van der Waals surface area (Å²) in [5.41, 5.74) is -2.15. The number of nitrogens with one attached hydrogen (secondary N) is 1. The molecule has 8 heteroatoms. The van der Waals surface area contributed by atoms with E-state index in [2.05, 4.69) is 10.2 Å².